The monoisotopic (exact) mass is 173 g/mol. The average Bonchev–Trinajstić information content (AvgIpc) is 2.86. The molecule has 1 aliphatic carbocycles. The van der Waals surface area contributed by atoms with Crippen molar-refractivity contribution in [2.24, 2.45) is 11.8 Å². The first kappa shape index (κ1) is 7.57. The predicted molar refractivity (Wildman–Crippen MR) is 53.5 cm³/mol. The number of rotatable bonds is 2. The molecule has 68 valence electrons. The molecule has 2 aliphatic rings. The molecular formula is C12H15N. The maximum absolute atomic E-state index is 3.60. The summed E-state index contributed by atoms with van der Waals surface area (Å²) in [6, 6.07) is 11.6. The third-order valence-corrected chi connectivity index (χ3v) is 3.43. The molecule has 1 N–H and O–H groups in total. The first-order chi connectivity index (χ1) is 6.43. The van der Waals surface area contributed by atoms with Crippen LogP contribution in [0.25, 0.3) is 0 Å². The first-order valence-electron chi connectivity index (χ1n) is 5.21. The fraction of sp³-hybridized carbons (Fsp3) is 0.500. The number of hydrogen-bond donors (Lipinski definition) is 1. The van der Waals surface area contributed by atoms with Crippen molar-refractivity contribution in [2.45, 2.75) is 18.9 Å². The second-order valence-electron chi connectivity index (χ2n) is 4.36. The van der Waals surface area contributed by atoms with Gasteiger partial charge in [-0.2, -0.15) is 0 Å². The Kier molecular flexibility index (Phi) is 1.66. The zero-order valence-electron chi connectivity index (χ0n) is 7.74. The van der Waals surface area contributed by atoms with Gasteiger partial charge in [0, 0.05) is 6.04 Å². The number of fused-ring (bicyclic) bond motifs is 1. The van der Waals surface area contributed by atoms with Gasteiger partial charge in [-0.3, -0.25) is 0 Å². The Labute approximate surface area is 79.2 Å². The number of benzene rings is 1. The first-order valence-corrected chi connectivity index (χ1v) is 5.21. The van der Waals surface area contributed by atoms with E-state index in [0.717, 1.165) is 17.9 Å². The Hall–Kier alpha value is -0.820. The summed E-state index contributed by atoms with van der Waals surface area (Å²) < 4.78 is 0. The molecule has 0 aromatic heterocycles. The lowest BCUT2D eigenvalue weighted by molar-refractivity contribution is 0.531. The van der Waals surface area contributed by atoms with Crippen LogP contribution >= 0.6 is 0 Å². The van der Waals surface area contributed by atoms with E-state index in [2.05, 4.69) is 35.6 Å². The van der Waals surface area contributed by atoms with Gasteiger partial charge >= 0.3 is 0 Å². The molecule has 13 heavy (non-hydrogen) atoms. The van der Waals surface area contributed by atoms with Gasteiger partial charge in [-0.1, -0.05) is 30.3 Å². The van der Waals surface area contributed by atoms with Gasteiger partial charge in [-0.05, 0) is 36.8 Å². The van der Waals surface area contributed by atoms with Crippen LogP contribution in [0.15, 0.2) is 30.3 Å². The van der Waals surface area contributed by atoms with Crippen LogP contribution in [0.5, 0.6) is 0 Å². The number of piperidine rings is 1. The van der Waals surface area contributed by atoms with Crippen molar-refractivity contribution in [3.63, 3.8) is 0 Å². The van der Waals surface area contributed by atoms with Gasteiger partial charge in [0.05, 0.1) is 0 Å². The molecule has 0 unspecified atom stereocenters. The van der Waals surface area contributed by atoms with E-state index in [1.165, 1.54) is 24.9 Å². The van der Waals surface area contributed by atoms with Crippen molar-refractivity contribution in [3.05, 3.63) is 35.9 Å². The maximum atomic E-state index is 3.60. The fourth-order valence-corrected chi connectivity index (χ4v) is 2.54. The third kappa shape index (κ3) is 1.37. The number of hydrogen-bond acceptors (Lipinski definition) is 1. The summed E-state index contributed by atoms with van der Waals surface area (Å²) in [4.78, 5) is 0. The Morgan fingerprint density at radius 3 is 2.69 bits per heavy atom. The molecule has 0 bridgehead atoms. The van der Waals surface area contributed by atoms with Crippen molar-refractivity contribution in [1.29, 1.82) is 0 Å². The highest BCUT2D eigenvalue weighted by molar-refractivity contribution is 5.18. The highest BCUT2D eigenvalue weighted by Crippen LogP contribution is 2.45. The molecule has 1 saturated heterocycles. The Balaban J connectivity index is 1.69. The lowest BCUT2D eigenvalue weighted by Gasteiger charge is -2.12. The molecule has 0 spiro atoms. The van der Waals surface area contributed by atoms with E-state index < -0.39 is 0 Å². The highest BCUT2D eigenvalue weighted by atomic mass is 15.0. The maximum Gasteiger partial charge on any atom is 0.0139 e. The molecule has 1 aromatic carbocycles. The molecule has 1 aliphatic heterocycles. The Morgan fingerprint density at radius 1 is 1.23 bits per heavy atom. The Morgan fingerprint density at radius 2 is 2.08 bits per heavy atom. The smallest absolute Gasteiger partial charge is 0.0139 e. The minimum absolute atomic E-state index is 0.771. The predicted octanol–water partition coefficient (Wildman–Crippen LogP) is 1.84. The van der Waals surface area contributed by atoms with E-state index in [4.69, 9.17) is 0 Å². The summed E-state index contributed by atoms with van der Waals surface area (Å²) in [5.74, 6) is 2.02. The van der Waals surface area contributed by atoms with E-state index >= 15 is 0 Å². The average molecular weight is 173 g/mol. The van der Waals surface area contributed by atoms with Crippen LogP contribution in [0.2, 0.25) is 0 Å². The van der Waals surface area contributed by atoms with E-state index in [1.807, 2.05) is 0 Å². The molecule has 0 amide bonds. The normalized spacial score (nSPS) is 35.8. The van der Waals surface area contributed by atoms with Crippen molar-refractivity contribution >= 4 is 0 Å². The Bertz CT molecular complexity index is 293. The summed E-state index contributed by atoms with van der Waals surface area (Å²) >= 11 is 0. The summed E-state index contributed by atoms with van der Waals surface area (Å²) in [5.41, 5.74) is 1.48. The second kappa shape index (κ2) is 2.85. The summed E-state index contributed by atoms with van der Waals surface area (Å²) in [6.45, 7) is 1.27. The molecule has 1 heteroatoms. The summed E-state index contributed by atoms with van der Waals surface area (Å²) in [6.07, 6.45) is 2.70. The third-order valence-electron chi connectivity index (χ3n) is 3.43. The molecular weight excluding hydrogens is 158 g/mol. The van der Waals surface area contributed by atoms with E-state index in [1.54, 1.807) is 0 Å². The van der Waals surface area contributed by atoms with Crippen LogP contribution in [-0.4, -0.2) is 12.6 Å². The van der Waals surface area contributed by atoms with Crippen LogP contribution in [0, 0.1) is 11.8 Å². The molecule has 0 radical (unpaired) electrons. The van der Waals surface area contributed by atoms with E-state index in [-0.39, 0.29) is 0 Å². The molecule has 3 rings (SSSR count). The van der Waals surface area contributed by atoms with E-state index in [9.17, 15) is 0 Å². The van der Waals surface area contributed by atoms with Crippen LogP contribution in [0.4, 0.5) is 0 Å². The lowest BCUT2D eigenvalue weighted by atomic mass is 10.0. The molecule has 1 saturated carbocycles. The molecule has 1 nitrogen and oxygen atoms in total. The van der Waals surface area contributed by atoms with Crippen molar-refractivity contribution in [1.82, 2.24) is 5.32 Å². The highest BCUT2D eigenvalue weighted by Gasteiger charge is 2.47. The van der Waals surface area contributed by atoms with Gasteiger partial charge in [0.15, 0.2) is 0 Å². The van der Waals surface area contributed by atoms with E-state index in [0.29, 0.717) is 0 Å². The molecule has 1 aromatic rings. The second-order valence-corrected chi connectivity index (χ2v) is 4.36. The fourth-order valence-electron chi connectivity index (χ4n) is 2.54. The topological polar surface area (TPSA) is 12.0 Å². The summed E-state index contributed by atoms with van der Waals surface area (Å²) in [7, 11) is 0. The van der Waals surface area contributed by atoms with Gasteiger partial charge in [0.1, 0.15) is 0 Å². The molecule has 2 fully saturated rings. The number of nitrogens with one attached hydrogen (secondary N) is 1. The van der Waals surface area contributed by atoms with Gasteiger partial charge in [0.2, 0.25) is 0 Å². The van der Waals surface area contributed by atoms with Crippen LogP contribution in [-0.2, 0) is 6.42 Å². The SMILES string of the molecule is c1ccc(C[C@@H]2NC[C@H]3C[C@H]32)cc1. The van der Waals surface area contributed by atoms with Gasteiger partial charge < -0.3 is 5.32 Å². The van der Waals surface area contributed by atoms with Crippen LogP contribution in [0.1, 0.15) is 12.0 Å². The van der Waals surface area contributed by atoms with Gasteiger partial charge in [-0.15, -0.1) is 0 Å². The van der Waals surface area contributed by atoms with Gasteiger partial charge in [-0.25, -0.2) is 0 Å². The summed E-state index contributed by atoms with van der Waals surface area (Å²) in [5, 5.41) is 3.60. The standard InChI is InChI=1S/C12H15N/c1-2-4-9(5-3-1)6-12-11-7-10(11)8-13-12/h1-5,10-13H,6-8H2/t10-,11-,12+/m1/s1. The van der Waals surface area contributed by atoms with Crippen molar-refractivity contribution in [3.8, 4) is 0 Å². The van der Waals surface area contributed by atoms with Crippen molar-refractivity contribution < 1.29 is 0 Å². The minimum atomic E-state index is 0.771. The quantitative estimate of drug-likeness (QED) is 0.719. The van der Waals surface area contributed by atoms with Crippen molar-refractivity contribution in [2.75, 3.05) is 6.54 Å². The zero-order valence-corrected chi connectivity index (χ0v) is 7.74. The minimum Gasteiger partial charge on any atom is -0.313 e. The van der Waals surface area contributed by atoms with Crippen LogP contribution in [0.3, 0.4) is 0 Å². The molecule has 3 atom stereocenters. The molecule has 1 heterocycles. The van der Waals surface area contributed by atoms with Crippen LogP contribution < -0.4 is 5.32 Å². The zero-order chi connectivity index (χ0) is 8.67. The largest absolute Gasteiger partial charge is 0.313 e. The van der Waals surface area contributed by atoms with Gasteiger partial charge in [0.25, 0.3) is 0 Å². The lowest BCUT2D eigenvalue weighted by Crippen LogP contribution is -2.28.